The Bertz CT molecular complexity index is 547. The van der Waals surface area contributed by atoms with Crippen molar-refractivity contribution in [2.45, 2.75) is 31.6 Å². The Morgan fingerprint density at radius 3 is 2.65 bits per heavy atom. The molecule has 0 aliphatic heterocycles. The molecule has 1 saturated carbocycles. The van der Waals surface area contributed by atoms with Crippen LogP contribution in [0.25, 0.3) is 10.8 Å². The summed E-state index contributed by atoms with van der Waals surface area (Å²) in [4.78, 5) is 0. The highest BCUT2D eigenvalue weighted by Gasteiger charge is 2.38. The Morgan fingerprint density at radius 1 is 1.18 bits per heavy atom. The highest BCUT2D eigenvalue weighted by Crippen LogP contribution is 2.45. The molecule has 1 fully saturated rings. The van der Waals surface area contributed by atoms with Gasteiger partial charge < -0.3 is 5.73 Å². The van der Waals surface area contributed by atoms with Crippen LogP contribution in [0.15, 0.2) is 36.4 Å². The van der Waals surface area contributed by atoms with Gasteiger partial charge >= 0.3 is 0 Å². The van der Waals surface area contributed by atoms with Crippen LogP contribution in [-0.4, -0.2) is 6.54 Å². The minimum atomic E-state index is 0.257. The average Bonchev–Trinajstić information content (AvgIpc) is 2.29. The molecule has 0 radical (unpaired) electrons. The first-order valence-electron chi connectivity index (χ1n) is 6.45. The van der Waals surface area contributed by atoms with E-state index in [4.69, 9.17) is 5.73 Å². The molecule has 0 atom stereocenters. The summed E-state index contributed by atoms with van der Waals surface area (Å²) in [5.41, 5.74) is 9.08. The van der Waals surface area contributed by atoms with Gasteiger partial charge in [-0.05, 0) is 36.1 Å². The van der Waals surface area contributed by atoms with Gasteiger partial charge in [-0.1, -0.05) is 48.4 Å². The molecule has 3 rings (SSSR count). The van der Waals surface area contributed by atoms with Gasteiger partial charge in [-0.25, -0.2) is 0 Å². The maximum absolute atomic E-state index is 6.03. The van der Waals surface area contributed by atoms with Crippen LogP contribution in [0.4, 0.5) is 0 Å². The second-order valence-corrected chi connectivity index (χ2v) is 5.37. The zero-order valence-corrected chi connectivity index (χ0v) is 10.4. The van der Waals surface area contributed by atoms with Crippen LogP contribution in [0, 0.1) is 6.92 Å². The van der Waals surface area contributed by atoms with E-state index in [0.29, 0.717) is 0 Å². The predicted molar refractivity (Wildman–Crippen MR) is 73.3 cm³/mol. The highest BCUT2D eigenvalue weighted by atomic mass is 14.6. The number of fused-ring (bicyclic) bond motifs is 1. The summed E-state index contributed by atoms with van der Waals surface area (Å²) in [6, 6.07) is 13.3. The smallest absolute Gasteiger partial charge is 0.00817 e. The van der Waals surface area contributed by atoms with Crippen molar-refractivity contribution in [2.24, 2.45) is 5.73 Å². The third-order valence-corrected chi connectivity index (χ3v) is 4.31. The molecule has 1 aliphatic rings. The van der Waals surface area contributed by atoms with E-state index in [1.807, 2.05) is 0 Å². The fourth-order valence-electron chi connectivity index (χ4n) is 3.04. The maximum Gasteiger partial charge on any atom is 0.00817 e. The average molecular weight is 225 g/mol. The standard InChI is InChI=1S/C16H19N/c1-12-6-7-13-4-2-5-15(14(13)10-12)16(11-17)8-3-9-16/h2,4-7,10H,3,8-9,11,17H2,1H3. The molecule has 88 valence electrons. The van der Waals surface area contributed by atoms with Crippen molar-refractivity contribution in [3.63, 3.8) is 0 Å². The van der Waals surface area contributed by atoms with Crippen molar-refractivity contribution in [2.75, 3.05) is 6.54 Å². The lowest BCUT2D eigenvalue weighted by Gasteiger charge is -2.42. The lowest BCUT2D eigenvalue weighted by atomic mass is 9.63. The molecule has 1 nitrogen and oxygen atoms in total. The van der Waals surface area contributed by atoms with Crippen LogP contribution in [0.5, 0.6) is 0 Å². The van der Waals surface area contributed by atoms with Gasteiger partial charge in [-0.2, -0.15) is 0 Å². The second kappa shape index (κ2) is 3.85. The minimum absolute atomic E-state index is 0.257. The van der Waals surface area contributed by atoms with Gasteiger partial charge in [0.25, 0.3) is 0 Å². The highest BCUT2D eigenvalue weighted by molar-refractivity contribution is 5.87. The van der Waals surface area contributed by atoms with E-state index in [1.165, 1.54) is 41.2 Å². The Morgan fingerprint density at radius 2 is 2.00 bits per heavy atom. The van der Waals surface area contributed by atoms with E-state index in [0.717, 1.165) is 6.54 Å². The predicted octanol–water partition coefficient (Wildman–Crippen LogP) is 3.53. The van der Waals surface area contributed by atoms with E-state index in [-0.39, 0.29) is 5.41 Å². The van der Waals surface area contributed by atoms with E-state index in [9.17, 15) is 0 Å². The third kappa shape index (κ3) is 1.57. The SMILES string of the molecule is Cc1ccc2cccc(C3(CN)CCC3)c2c1. The van der Waals surface area contributed by atoms with Crippen molar-refractivity contribution in [3.05, 3.63) is 47.5 Å². The molecule has 2 aromatic rings. The number of hydrogen-bond donors (Lipinski definition) is 1. The third-order valence-electron chi connectivity index (χ3n) is 4.31. The normalized spacial score (nSPS) is 18.0. The lowest BCUT2D eigenvalue weighted by Crippen LogP contribution is -2.41. The summed E-state index contributed by atoms with van der Waals surface area (Å²) in [6.45, 7) is 2.94. The molecular formula is C16H19N. The molecule has 0 unspecified atom stereocenters. The molecule has 0 aromatic heterocycles. The Balaban J connectivity index is 2.25. The van der Waals surface area contributed by atoms with Gasteiger partial charge in [0, 0.05) is 12.0 Å². The van der Waals surface area contributed by atoms with Gasteiger partial charge in [-0.15, -0.1) is 0 Å². The summed E-state index contributed by atoms with van der Waals surface area (Å²) >= 11 is 0. The molecule has 2 aromatic carbocycles. The lowest BCUT2D eigenvalue weighted by molar-refractivity contribution is 0.255. The van der Waals surface area contributed by atoms with Crippen LogP contribution in [0.2, 0.25) is 0 Å². The zero-order chi connectivity index (χ0) is 11.9. The number of aryl methyl sites for hydroxylation is 1. The largest absolute Gasteiger partial charge is 0.330 e. The molecule has 0 heterocycles. The summed E-state index contributed by atoms with van der Waals surface area (Å²) in [7, 11) is 0. The number of hydrogen-bond acceptors (Lipinski definition) is 1. The first-order chi connectivity index (χ1) is 8.25. The molecule has 1 aliphatic carbocycles. The van der Waals surface area contributed by atoms with Gasteiger partial charge in [0.15, 0.2) is 0 Å². The van der Waals surface area contributed by atoms with Crippen molar-refractivity contribution in [3.8, 4) is 0 Å². The van der Waals surface area contributed by atoms with E-state index >= 15 is 0 Å². The Hall–Kier alpha value is -1.34. The zero-order valence-electron chi connectivity index (χ0n) is 10.4. The van der Waals surface area contributed by atoms with Gasteiger partial charge in [0.2, 0.25) is 0 Å². The maximum atomic E-state index is 6.03. The van der Waals surface area contributed by atoms with Crippen LogP contribution < -0.4 is 5.73 Å². The van der Waals surface area contributed by atoms with E-state index in [2.05, 4.69) is 43.3 Å². The fraction of sp³-hybridized carbons (Fsp3) is 0.375. The number of benzene rings is 2. The molecule has 17 heavy (non-hydrogen) atoms. The summed E-state index contributed by atoms with van der Waals surface area (Å²) in [5.74, 6) is 0. The number of rotatable bonds is 2. The summed E-state index contributed by atoms with van der Waals surface area (Å²) in [5, 5.41) is 2.74. The summed E-state index contributed by atoms with van der Waals surface area (Å²) in [6.07, 6.45) is 3.81. The molecule has 0 spiro atoms. The van der Waals surface area contributed by atoms with Crippen LogP contribution in [0.1, 0.15) is 30.4 Å². The van der Waals surface area contributed by atoms with Gasteiger partial charge in [-0.3, -0.25) is 0 Å². The van der Waals surface area contributed by atoms with E-state index in [1.54, 1.807) is 0 Å². The molecule has 0 saturated heterocycles. The van der Waals surface area contributed by atoms with Crippen LogP contribution in [-0.2, 0) is 5.41 Å². The topological polar surface area (TPSA) is 26.0 Å². The first kappa shape index (κ1) is 10.8. The fourth-order valence-corrected chi connectivity index (χ4v) is 3.04. The first-order valence-corrected chi connectivity index (χ1v) is 6.45. The monoisotopic (exact) mass is 225 g/mol. The van der Waals surface area contributed by atoms with E-state index < -0.39 is 0 Å². The van der Waals surface area contributed by atoms with Crippen LogP contribution >= 0.6 is 0 Å². The molecule has 0 amide bonds. The molecule has 1 heteroatoms. The Kier molecular flexibility index (Phi) is 2.44. The van der Waals surface area contributed by atoms with Gasteiger partial charge in [0.05, 0.1) is 0 Å². The van der Waals surface area contributed by atoms with Crippen molar-refractivity contribution >= 4 is 10.8 Å². The van der Waals surface area contributed by atoms with Crippen molar-refractivity contribution in [1.82, 2.24) is 0 Å². The summed E-state index contributed by atoms with van der Waals surface area (Å²) < 4.78 is 0. The number of nitrogens with two attached hydrogens (primary N) is 1. The molecular weight excluding hydrogens is 206 g/mol. The van der Waals surface area contributed by atoms with Crippen molar-refractivity contribution < 1.29 is 0 Å². The Labute approximate surface area is 103 Å². The second-order valence-electron chi connectivity index (χ2n) is 5.37. The quantitative estimate of drug-likeness (QED) is 0.831. The van der Waals surface area contributed by atoms with Crippen LogP contribution in [0.3, 0.4) is 0 Å². The molecule has 0 bridgehead atoms. The molecule has 2 N–H and O–H groups in total. The van der Waals surface area contributed by atoms with Crippen molar-refractivity contribution in [1.29, 1.82) is 0 Å². The minimum Gasteiger partial charge on any atom is -0.330 e. The van der Waals surface area contributed by atoms with Gasteiger partial charge in [0.1, 0.15) is 0 Å².